The molecular weight excluding hydrogens is 174 g/mol. The van der Waals surface area contributed by atoms with Gasteiger partial charge in [0.25, 0.3) is 0 Å². The fraction of sp³-hybridized carbons (Fsp3) is 0.750. The van der Waals surface area contributed by atoms with Crippen molar-refractivity contribution in [3.8, 4) is 0 Å². The molecule has 0 saturated heterocycles. The number of aliphatic carboxylic acids is 1. The molecule has 0 aromatic rings. The highest BCUT2D eigenvalue weighted by atomic mass is 16.6. The van der Waals surface area contributed by atoms with Gasteiger partial charge in [0, 0.05) is 0 Å². The molecule has 13 heavy (non-hydrogen) atoms. The Kier molecular flexibility index (Phi) is 9.70. The quantitative estimate of drug-likeness (QED) is 0.703. The Morgan fingerprint density at radius 2 is 1.85 bits per heavy atom. The van der Waals surface area contributed by atoms with Gasteiger partial charge in [-0.05, 0) is 13.8 Å². The van der Waals surface area contributed by atoms with E-state index < -0.39 is 18.6 Å². The standard InChI is InChI=1S/C6H11NO4.C2H6/c1-4(2)11-6(10)7-3-5(8)9;1-2/h4H,3H2,1-2H3,(H,7,10)(H,8,9);1-2H3. The minimum atomic E-state index is -1.09. The summed E-state index contributed by atoms with van der Waals surface area (Å²) in [5, 5.41) is 10.2. The van der Waals surface area contributed by atoms with Crippen LogP contribution in [0.4, 0.5) is 4.79 Å². The summed E-state index contributed by atoms with van der Waals surface area (Å²) >= 11 is 0. The van der Waals surface area contributed by atoms with Crippen molar-refractivity contribution in [2.75, 3.05) is 6.54 Å². The van der Waals surface area contributed by atoms with Gasteiger partial charge in [0.15, 0.2) is 0 Å². The van der Waals surface area contributed by atoms with Gasteiger partial charge in [-0.2, -0.15) is 0 Å². The van der Waals surface area contributed by atoms with E-state index in [4.69, 9.17) is 5.11 Å². The topological polar surface area (TPSA) is 75.6 Å². The lowest BCUT2D eigenvalue weighted by molar-refractivity contribution is -0.135. The summed E-state index contributed by atoms with van der Waals surface area (Å²) in [7, 11) is 0. The molecule has 0 fully saturated rings. The predicted octanol–water partition coefficient (Wildman–Crippen LogP) is 1.23. The van der Waals surface area contributed by atoms with Crippen molar-refractivity contribution in [2.24, 2.45) is 0 Å². The smallest absolute Gasteiger partial charge is 0.407 e. The Morgan fingerprint density at radius 1 is 1.38 bits per heavy atom. The van der Waals surface area contributed by atoms with Gasteiger partial charge in [0.2, 0.25) is 0 Å². The third-order valence-corrected chi connectivity index (χ3v) is 0.727. The highest BCUT2D eigenvalue weighted by Gasteiger charge is 2.05. The van der Waals surface area contributed by atoms with Crippen molar-refractivity contribution >= 4 is 12.1 Å². The Labute approximate surface area is 78.1 Å². The lowest BCUT2D eigenvalue weighted by Crippen LogP contribution is -2.31. The van der Waals surface area contributed by atoms with Crippen molar-refractivity contribution in [1.29, 1.82) is 0 Å². The van der Waals surface area contributed by atoms with Crippen LogP contribution in [-0.2, 0) is 9.53 Å². The zero-order chi connectivity index (χ0) is 10.9. The molecule has 0 saturated carbocycles. The highest BCUT2D eigenvalue weighted by molar-refractivity contribution is 5.76. The minimum Gasteiger partial charge on any atom is -0.480 e. The fourth-order valence-corrected chi connectivity index (χ4v) is 0.404. The summed E-state index contributed by atoms with van der Waals surface area (Å²) in [6.45, 7) is 6.95. The van der Waals surface area contributed by atoms with Gasteiger partial charge in [-0.3, -0.25) is 4.79 Å². The molecule has 0 atom stereocenters. The van der Waals surface area contributed by atoms with Crippen LogP contribution in [-0.4, -0.2) is 29.8 Å². The summed E-state index contributed by atoms with van der Waals surface area (Å²) in [5.74, 6) is -1.09. The Bertz CT molecular complexity index is 156. The molecule has 0 aliphatic rings. The van der Waals surface area contributed by atoms with Crippen LogP contribution in [0.1, 0.15) is 27.7 Å². The number of nitrogens with one attached hydrogen (secondary N) is 1. The Morgan fingerprint density at radius 3 is 2.15 bits per heavy atom. The van der Waals surface area contributed by atoms with Gasteiger partial charge < -0.3 is 15.2 Å². The van der Waals surface area contributed by atoms with Gasteiger partial charge in [-0.25, -0.2) is 4.79 Å². The third kappa shape index (κ3) is 13.7. The van der Waals surface area contributed by atoms with E-state index in [0.717, 1.165) is 0 Å². The number of carbonyl (C=O) groups is 2. The summed E-state index contributed by atoms with van der Waals surface area (Å²) < 4.78 is 4.59. The van der Waals surface area contributed by atoms with Crippen LogP contribution in [0.15, 0.2) is 0 Å². The number of carboxylic acid groups (broad SMARTS) is 1. The van der Waals surface area contributed by atoms with Crippen LogP contribution in [0, 0.1) is 0 Å². The fourth-order valence-electron chi connectivity index (χ4n) is 0.404. The van der Waals surface area contributed by atoms with Gasteiger partial charge in [0.1, 0.15) is 6.54 Å². The van der Waals surface area contributed by atoms with Crippen LogP contribution >= 0.6 is 0 Å². The molecule has 5 nitrogen and oxygen atoms in total. The van der Waals surface area contributed by atoms with Crippen molar-refractivity contribution in [2.45, 2.75) is 33.8 Å². The largest absolute Gasteiger partial charge is 0.480 e. The lowest BCUT2D eigenvalue weighted by atomic mass is 10.5. The molecule has 1 amide bonds. The van der Waals surface area contributed by atoms with E-state index in [9.17, 15) is 9.59 Å². The maximum atomic E-state index is 10.6. The van der Waals surface area contributed by atoms with Crippen molar-refractivity contribution in [3.63, 3.8) is 0 Å². The molecule has 0 bridgehead atoms. The molecule has 0 heterocycles. The second-order valence-electron chi connectivity index (χ2n) is 2.20. The van der Waals surface area contributed by atoms with Crippen LogP contribution in [0.2, 0.25) is 0 Å². The molecule has 0 radical (unpaired) electrons. The van der Waals surface area contributed by atoms with Gasteiger partial charge in [-0.1, -0.05) is 13.8 Å². The molecule has 0 aliphatic carbocycles. The van der Waals surface area contributed by atoms with Crippen LogP contribution in [0.5, 0.6) is 0 Å². The van der Waals surface area contributed by atoms with E-state index in [1.165, 1.54) is 0 Å². The molecule has 5 heteroatoms. The molecule has 0 aromatic heterocycles. The SMILES string of the molecule is CC.CC(C)OC(=O)NCC(=O)O. The predicted molar refractivity (Wildman–Crippen MR) is 48.6 cm³/mol. The third-order valence-electron chi connectivity index (χ3n) is 0.727. The molecular formula is C8H17NO4. The average Bonchev–Trinajstić information content (AvgIpc) is 2.03. The number of rotatable bonds is 3. The average molecular weight is 191 g/mol. The highest BCUT2D eigenvalue weighted by Crippen LogP contribution is 1.86. The number of hydrogen-bond donors (Lipinski definition) is 2. The molecule has 0 aromatic carbocycles. The van der Waals surface area contributed by atoms with E-state index in [1.54, 1.807) is 13.8 Å². The zero-order valence-corrected chi connectivity index (χ0v) is 8.46. The number of amides is 1. The first-order valence-corrected chi connectivity index (χ1v) is 4.18. The normalized spacial score (nSPS) is 8.38. The minimum absolute atomic E-state index is 0.233. The molecule has 0 aliphatic heterocycles. The van der Waals surface area contributed by atoms with E-state index in [2.05, 4.69) is 10.1 Å². The first-order valence-electron chi connectivity index (χ1n) is 4.18. The molecule has 0 spiro atoms. The maximum absolute atomic E-state index is 10.6. The van der Waals surface area contributed by atoms with Gasteiger partial charge in [0.05, 0.1) is 6.10 Å². The zero-order valence-electron chi connectivity index (χ0n) is 8.46. The molecule has 78 valence electrons. The monoisotopic (exact) mass is 191 g/mol. The molecule has 0 rings (SSSR count). The van der Waals surface area contributed by atoms with Crippen LogP contribution < -0.4 is 5.32 Å². The summed E-state index contributed by atoms with van der Waals surface area (Å²) in [6.07, 6.45) is -0.939. The van der Waals surface area contributed by atoms with Gasteiger partial charge in [-0.15, -0.1) is 0 Å². The van der Waals surface area contributed by atoms with Crippen LogP contribution in [0.3, 0.4) is 0 Å². The first-order chi connectivity index (χ1) is 6.02. The molecule has 0 unspecified atom stereocenters. The van der Waals surface area contributed by atoms with E-state index >= 15 is 0 Å². The number of alkyl carbamates (subject to hydrolysis) is 1. The second-order valence-corrected chi connectivity index (χ2v) is 2.20. The first kappa shape index (κ1) is 14.3. The van der Waals surface area contributed by atoms with Crippen molar-refractivity contribution in [3.05, 3.63) is 0 Å². The maximum Gasteiger partial charge on any atom is 0.407 e. The Balaban J connectivity index is 0. The second kappa shape index (κ2) is 8.83. The van der Waals surface area contributed by atoms with Crippen LogP contribution in [0.25, 0.3) is 0 Å². The Hall–Kier alpha value is -1.26. The van der Waals surface area contributed by atoms with Crippen molar-refractivity contribution in [1.82, 2.24) is 5.32 Å². The summed E-state index contributed by atoms with van der Waals surface area (Å²) in [5.41, 5.74) is 0. The summed E-state index contributed by atoms with van der Waals surface area (Å²) in [4.78, 5) is 20.5. The number of ether oxygens (including phenoxy) is 1. The number of carboxylic acids is 1. The molecule has 2 N–H and O–H groups in total. The van der Waals surface area contributed by atoms with Crippen molar-refractivity contribution < 1.29 is 19.4 Å². The van der Waals surface area contributed by atoms with E-state index in [0.29, 0.717) is 0 Å². The number of carbonyl (C=O) groups excluding carboxylic acids is 1. The van der Waals surface area contributed by atoms with E-state index in [1.807, 2.05) is 13.8 Å². The summed E-state index contributed by atoms with van der Waals surface area (Å²) in [6, 6.07) is 0. The van der Waals surface area contributed by atoms with E-state index in [-0.39, 0.29) is 6.10 Å². The lowest BCUT2D eigenvalue weighted by Gasteiger charge is -2.07. The number of hydrogen-bond acceptors (Lipinski definition) is 3. The van der Waals surface area contributed by atoms with Gasteiger partial charge >= 0.3 is 12.1 Å².